The second kappa shape index (κ2) is 8.84. The first-order valence-corrected chi connectivity index (χ1v) is 5.99. The van der Waals surface area contributed by atoms with E-state index in [4.69, 9.17) is 4.74 Å². The molecule has 0 aliphatic heterocycles. The zero-order chi connectivity index (χ0) is 12.1. The zero-order valence-corrected chi connectivity index (χ0v) is 12.9. The molecule has 2 aromatic carbocycles. The third-order valence-corrected chi connectivity index (χ3v) is 2.80. The lowest BCUT2D eigenvalue weighted by molar-refractivity contribution is 0.322. The Kier molecular flexibility index (Phi) is 8.29. The predicted octanol–water partition coefficient (Wildman–Crippen LogP) is 4.77. The smallest absolute Gasteiger partial charge is 0.119 e. The van der Waals surface area contributed by atoms with Crippen molar-refractivity contribution in [1.82, 2.24) is 0 Å². The number of ether oxygens (including phenoxy) is 1. The minimum Gasteiger partial charge on any atom is -0.493 e. The van der Waals surface area contributed by atoms with Gasteiger partial charge in [-0.3, -0.25) is 0 Å². The number of hydrogen-bond donors (Lipinski definition) is 0. The lowest BCUT2D eigenvalue weighted by Crippen LogP contribution is -2.01. The first-order chi connectivity index (χ1) is 8.24. The van der Waals surface area contributed by atoms with Crippen molar-refractivity contribution in [3.05, 3.63) is 65.2 Å². The molecule has 1 nitrogen and oxygen atoms in total. The summed E-state index contributed by atoms with van der Waals surface area (Å²) in [5.74, 6) is 0.947. The van der Waals surface area contributed by atoms with Crippen LogP contribution in [0, 0.1) is 13.8 Å². The van der Waals surface area contributed by atoms with Gasteiger partial charge in [0.05, 0.1) is 6.61 Å². The molecular weight excluding hydrogens is 279 g/mol. The van der Waals surface area contributed by atoms with Crippen LogP contribution in [0.2, 0.25) is 0 Å². The third-order valence-electron chi connectivity index (χ3n) is 2.80. The van der Waals surface area contributed by atoms with Crippen LogP contribution >= 0.6 is 24.8 Å². The van der Waals surface area contributed by atoms with Crippen molar-refractivity contribution in [3.8, 4) is 5.75 Å². The van der Waals surface area contributed by atoms with E-state index in [1.165, 1.54) is 16.7 Å². The normalized spacial score (nSPS) is 9.16. The highest BCUT2D eigenvalue weighted by Gasteiger charge is 1.95. The second-order valence-electron chi connectivity index (χ2n) is 4.40. The molecule has 0 unspecified atom stereocenters. The number of hydrogen-bond acceptors (Lipinski definition) is 1. The summed E-state index contributed by atoms with van der Waals surface area (Å²) in [4.78, 5) is 0. The molecular formula is C16H20Cl2O. The molecule has 19 heavy (non-hydrogen) atoms. The molecule has 0 atom stereocenters. The second-order valence-corrected chi connectivity index (χ2v) is 4.40. The predicted molar refractivity (Wildman–Crippen MR) is 86.1 cm³/mol. The molecule has 0 bridgehead atoms. The fourth-order valence-corrected chi connectivity index (χ4v) is 1.68. The molecule has 0 aromatic heterocycles. The maximum Gasteiger partial charge on any atom is 0.119 e. The van der Waals surface area contributed by atoms with Crippen LogP contribution in [0.5, 0.6) is 5.75 Å². The Morgan fingerprint density at radius 3 is 1.74 bits per heavy atom. The van der Waals surface area contributed by atoms with Gasteiger partial charge in [0.25, 0.3) is 0 Å². The molecule has 0 N–H and O–H groups in total. The van der Waals surface area contributed by atoms with Gasteiger partial charge in [0.2, 0.25) is 0 Å². The van der Waals surface area contributed by atoms with Crippen molar-refractivity contribution in [3.63, 3.8) is 0 Å². The van der Waals surface area contributed by atoms with E-state index in [2.05, 4.69) is 50.2 Å². The summed E-state index contributed by atoms with van der Waals surface area (Å²) in [7, 11) is 0. The van der Waals surface area contributed by atoms with Crippen LogP contribution in [0.25, 0.3) is 0 Å². The van der Waals surface area contributed by atoms with Gasteiger partial charge in [0.1, 0.15) is 5.75 Å². The highest BCUT2D eigenvalue weighted by molar-refractivity contribution is 5.85. The van der Waals surface area contributed by atoms with Gasteiger partial charge in [-0.05, 0) is 31.5 Å². The molecule has 0 fully saturated rings. The quantitative estimate of drug-likeness (QED) is 0.790. The average molecular weight is 299 g/mol. The van der Waals surface area contributed by atoms with E-state index in [1.54, 1.807) is 0 Å². The molecule has 3 heteroatoms. The molecule has 104 valence electrons. The van der Waals surface area contributed by atoms with Crippen LogP contribution in [-0.2, 0) is 6.42 Å². The van der Waals surface area contributed by atoms with E-state index in [9.17, 15) is 0 Å². The molecule has 0 heterocycles. The molecule has 2 aromatic rings. The average Bonchev–Trinajstić information content (AvgIpc) is 2.34. The summed E-state index contributed by atoms with van der Waals surface area (Å²) in [5.41, 5.74) is 3.88. The van der Waals surface area contributed by atoms with Crippen molar-refractivity contribution >= 4 is 24.8 Å². The summed E-state index contributed by atoms with van der Waals surface area (Å²) < 4.78 is 5.70. The van der Waals surface area contributed by atoms with E-state index in [0.717, 1.165) is 18.8 Å². The van der Waals surface area contributed by atoms with Gasteiger partial charge in [-0.25, -0.2) is 0 Å². The van der Waals surface area contributed by atoms with Crippen molar-refractivity contribution in [2.75, 3.05) is 6.61 Å². The van der Waals surface area contributed by atoms with E-state index < -0.39 is 0 Å². The third kappa shape index (κ3) is 6.00. The Morgan fingerprint density at radius 2 is 1.21 bits per heavy atom. The van der Waals surface area contributed by atoms with E-state index in [0.29, 0.717) is 0 Å². The number of rotatable bonds is 4. The van der Waals surface area contributed by atoms with Crippen molar-refractivity contribution in [1.29, 1.82) is 0 Å². The van der Waals surface area contributed by atoms with E-state index in [-0.39, 0.29) is 24.8 Å². The minimum absolute atomic E-state index is 0. The van der Waals surface area contributed by atoms with Crippen molar-refractivity contribution < 1.29 is 4.74 Å². The lowest BCUT2D eigenvalue weighted by atomic mass is 10.1. The Hall–Kier alpha value is -1.18. The first kappa shape index (κ1) is 17.8. The monoisotopic (exact) mass is 298 g/mol. The molecule has 0 aliphatic rings. The van der Waals surface area contributed by atoms with Gasteiger partial charge in [-0.15, -0.1) is 24.8 Å². The van der Waals surface area contributed by atoms with Crippen molar-refractivity contribution in [2.45, 2.75) is 20.3 Å². The van der Waals surface area contributed by atoms with Crippen LogP contribution < -0.4 is 4.74 Å². The standard InChI is InChI=1S/C16H18O.2ClH/c1-13-3-7-15(8-4-13)11-12-17-16-9-5-14(2)6-10-16;;/h3-10H,11-12H2,1-2H3;2*1H. The molecule has 2 rings (SSSR count). The maximum absolute atomic E-state index is 5.70. The maximum atomic E-state index is 5.70. The van der Waals surface area contributed by atoms with Gasteiger partial charge in [0.15, 0.2) is 0 Å². The number of halogens is 2. The topological polar surface area (TPSA) is 9.23 Å². The van der Waals surface area contributed by atoms with Gasteiger partial charge in [0, 0.05) is 6.42 Å². The van der Waals surface area contributed by atoms with Gasteiger partial charge < -0.3 is 4.74 Å². The molecule has 0 radical (unpaired) electrons. The van der Waals surface area contributed by atoms with Crippen LogP contribution in [0.4, 0.5) is 0 Å². The Labute approximate surface area is 127 Å². The summed E-state index contributed by atoms with van der Waals surface area (Å²) in [6.45, 7) is 4.91. The van der Waals surface area contributed by atoms with Gasteiger partial charge in [-0.2, -0.15) is 0 Å². The highest BCUT2D eigenvalue weighted by atomic mass is 35.5. The Bertz CT molecular complexity index is 418. The Morgan fingerprint density at radius 1 is 0.737 bits per heavy atom. The molecule has 0 aliphatic carbocycles. The van der Waals surface area contributed by atoms with E-state index in [1.807, 2.05) is 12.1 Å². The van der Waals surface area contributed by atoms with Gasteiger partial charge >= 0.3 is 0 Å². The fourth-order valence-electron chi connectivity index (χ4n) is 1.68. The number of aryl methyl sites for hydroxylation is 2. The van der Waals surface area contributed by atoms with E-state index >= 15 is 0 Å². The number of benzene rings is 2. The molecule has 0 spiro atoms. The van der Waals surface area contributed by atoms with Crippen LogP contribution in [-0.4, -0.2) is 6.61 Å². The van der Waals surface area contributed by atoms with Crippen LogP contribution in [0.1, 0.15) is 16.7 Å². The Balaban J connectivity index is 0.00000162. The molecule has 0 amide bonds. The summed E-state index contributed by atoms with van der Waals surface area (Å²) in [6, 6.07) is 16.8. The highest BCUT2D eigenvalue weighted by Crippen LogP contribution is 2.12. The van der Waals surface area contributed by atoms with Crippen LogP contribution in [0.3, 0.4) is 0 Å². The summed E-state index contributed by atoms with van der Waals surface area (Å²) in [6.07, 6.45) is 0.953. The fraction of sp³-hybridized carbons (Fsp3) is 0.250. The molecule has 0 saturated carbocycles. The van der Waals surface area contributed by atoms with Gasteiger partial charge in [-0.1, -0.05) is 47.5 Å². The SMILES string of the molecule is Cc1ccc(CCOc2ccc(C)cc2)cc1.Cl.Cl. The largest absolute Gasteiger partial charge is 0.493 e. The zero-order valence-electron chi connectivity index (χ0n) is 11.3. The summed E-state index contributed by atoms with van der Waals surface area (Å²) >= 11 is 0. The first-order valence-electron chi connectivity index (χ1n) is 5.99. The van der Waals surface area contributed by atoms with Crippen LogP contribution in [0.15, 0.2) is 48.5 Å². The minimum atomic E-state index is 0. The lowest BCUT2D eigenvalue weighted by Gasteiger charge is -2.06. The molecule has 0 saturated heterocycles. The summed E-state index contributed by atoms with van der Waals surface area (Å²) in [5, 5.41) is 0. The van der Waals surface area contributed by atoms with Crippen molar-refractivity contribution in [2.24, 2.45) is 0 Å².